The maximum absolute atomic E-state index is 12.5. The van der Waals surface area contributed by atoms with E-state index in [1.54, 1.807) is 4.90 Å². The van der Waals surface area contributed by atoms with Crippen molar-refractivity contribution in [2.75, 3.05) is 18.8 Å². The van der Waals surface area contributed by atoms with Crippen LogP contribution in [0.2, 0.25) is 0 Å². The molecule has 0 aliphatic carbocycles. The van der Waals surface area contributed by atoms with Gasteiger partial charge in [0.15, 0.2) is 0 Å². The lowest BCUT2D eigenvalue weighted by atomic mass is 9.98. The highest BCUT2D eigenvalue weighted by molar-refractivity contribution is 7.86. The number of hydrogen-bond acceptors (Lipinski definition) is 4. The van der Waals surface area contributed by atoms with E-state index in [1.165, 1.54) is 0 Å². The number of hydrogen-bond donors (Lipinski definition) is 0. The van der Waals surface area contributed by atoms with Crippen LogP contribution in [-0.2, 0) is 15.0 Å². The van der Waals surface area contributed by atoms with Gasteiger partial charge in [0.1, 0.15) is 5.60 Å². The molecule has 1 amide bonds. The summed E-state index contributed by atoms with van der Waals surface area (Å²) in [4.78, 5) is 13.6. The van der Waals surface area contributed by atoms with E-state index in [0.29, 0.717) is 25.9 Å². The standard InChI is InChI=1S/C13H24FNO4S/c1-13(2,3)19-12(16)15-8-4-5-11(6-9-15)7-10-20(14,17)18/h11H,4-10H2,1-3H3. The van der Waals surface area contributed by atoms with Crippen molar-refractivity contribution in [1.82, 2.24) is 4.90 Å². The number of rotatable bonds is 3. The van der Waals surface area contributed by atoms with Crippen LogP contribution >= 0.6 is 0 Å². The monoisotopic (exact) mass is 309 g/mol. The van der Waals surface area contributed by atoms with Gasteiger partial charge in [-0.3, -0.25) is 0 Å². The van der Waals surface area contributed by atoms with E-state index in [4.69, 9.17) is 4.74 Å². The summed E-state index contributed by atoms with van der Waals surface area (Å²) in [7, 11) is -4.39. The van der Waals surface area contributed by atoms with Gasteiger partial charge < -0.3 is 9.64 Å². The van der Waals surface area contributed by atoms with Gasteiger partial charge in [0.05, 0.1) is 5.75 Å². The summed E-state index contributed by atoms with van der Waals surface area (Å²) in [5.74, 6) is -0.280. The van der Waals surface area contributed by atoms with Gasteiger partial charge >= 0.3 is 16.3 Å². The molecule has 0 radical (unpaired) electrons. The minimum absolute atomic E-state index is 0.146. The Kier molecular flexibility index (Phi) is 5.79. The number of nitrogens with zero attached hydrogens (tertiary/aromatic N) is 1. The van der Waals surface area contributed by atoms with Crippen molar-refractivity contribution in [3.63, 3.8) is 0 Å². The van der Waals surface area contributed by atoms with Crippen LogP contribution in [0, 0.1) is 5.92 Å². The fourth-order valence-electron chi connectivity index (χ4n) is 2.27. The maximum atomic E-state index is 12.5. The number of carbonyl (C=O) groups is 1. The van der Waals surface area contributed by atoms with Crippen LogP contribution in [0.25, 0.3) is 0 Å². The van der Waals surface area contributed by atoms with Crippen LogP contribution in [-0.4, -0.2) is 43.9 Å². The lowest BCUT2D eigenvalue weighted by molar-refractivity contribution is 0.0255. The van der Waals surface area contributed by atoms with Crippen LogP contribution in [0.1, 0.15) is 46.5 Å². The average molecular weight is 309 g/mol. The smallest absolute Gasteiger partial charge is 0.410 e. The van der Waals surface area contributed by atoms with Crippen molar-refractivity contribution in [3.8, 4) is 0 Å². The Morgan fingerprint density at radius 3 is 2.50 bits per heavy atom. The van der Waals surface area contributed by atoms with E-state index < -0.39 is 21.6 Å². The molecule has 1 fully saturated rings. The number of carbonyl (C=O) groups excluding carboxylic acids is 1. The van der Waals surface area contributed by atoms with Crippen molar-refractivity contribution < 1.29 is 21.8 Å². The predicted octanol–water partition coefficient (Wildman–Crippen LogP) is 2.71. The van der Waals surface area contributed by atoms with Crippen LogP contribution in [0.4, 0.5) is 8.68 Å². The van der Waals surface area contributed by atoms with Gasteiger partial charge in [0.25, 0.3) is 0 Å². The molecule has 5 nitrogen and oxygen atoms in total. The van der Waals surface area contributed by atoms with Crippen molar-refractivity contribution in [1.29, 1.82) is 0 Å². The summed E-state index contributed by atoms with van der Waals surface area (Å²) in [6.45, 7) is 6.59. The molecule has 0 N–H and O–H groups in total. The molecule has 1 rings (SSSR count). The largest absolute Gasteiger partial charge is 0.444 e. The number of likely N-dealkylation sites (tertiary alicyclic amines) is 1. The third kappa shape index (κ3) is 7.07. The lowest BCUT2D eigenvalue weighted by Crippen LogP contribution is -2.37. The second kappa shape index (κ2) is 6.74. The lowest BCUT2D eigenvalue weighted by Gasteiger charge is -2.26. The first-order valence-electron chi connectivity index (χ1n) is 6.97. The SMILES string of the molecule is CC(C)(C)OC(=O)N1CCCC(CCS(=O)(=O)F)CC1. The fraction of sp³-hybridized carbons (Fsp3) is 0.923. The third-order valence-electron chi connectivity index (χ3n) is 3.27. The van der Waals surface area contributed by atoms with Crippen LogP contribution in [0.5, 0.6) is 0 Å². The summed E-state index contributed by atoms with van der Waals surface area (Å²) < 4.78 is 38.9. The minimum Gasteiger partial charge on any atom is -0.444 e. The second-order valence-corrected chi connectivity index (χ2v) is 7.78. The van der Waals surface area contributed by atoms with Crippen molar-refractivity contribution in [2.24, 2.45) is 5.92 Å². The normalized spacial score (nSPS) is 21.4. The Morgan fingerprint density at radius 1 is 1.30 bits per heavy atom. The third-order valence-corrected chi connectivity index (χ3v) is 3.99. The zero-order valence-corrected chi connectivity index (χ0v) is 13.2. The summed E-state index contributed by atoms with van der Waals surface area (Å²) in [6.07, 6.45) is 2.28. The van der Waals surface area contributed by atoms with E-state index in [1.807, 2.05) is 20.8 Å². The van der Waals surface area contributed by atoms with E-state index in [9.17, 15) is 17.1 Å². The topological polar surface area (TPSA) is 63.7 Å². The molecule has 1 saturated heterocycles. The molecule has 7 heteroatoms. The quantitative estimate of drug-likeness (QED) is 0.752. The molecule has 0 spiro atoms. The molecule has 1 unspecified atom stereocenters. The highest BCUT2D eigenvalue weighted by Gasteiger charge is 2.25. The van der Waals surface area contributed by atoms with E-state index in [0.717, 1.165) is 12.8 Å². The van der Waals surface area contributed by atoms with Gasteiger partial charge in [-0.05, 0) is 52.4 Å². The van der Waals surface area contributed by atoms with Gasteiger partial charge in [0, 0.05) is 13.1 Å². The zero-order chi connectivity index (χ0) is 15.4. The molecular weight excluding hydrogens is 285 g/mol. The first kappa shape index (κ1) is 17.2. The molecule has 1 atom stereocenters. The number of amides is 1. The van der Waals surface area contributed by atoms with E-state index >= 15 is 0 Å². The minimum atomic E-state index is -4.39. The molecule has 0 aromatic heterocycles. The van der Waals surface area contributed by atoms with Gasteiger partial charge in [0.2, 0.25) is 0 Å². The Bertz CT molecular complexity index is 430. The molecule has 1 aliphatic rings. The van der Waals surface area contributed by atoms with Crippen molar-refractivity contribution in [3.05, 3.63) is 0 Å². The fourth-order valence-corrected chi connectivity index (χ4v) is 2.89. The summed E-state index contributed by atoms with van der Waals surface area (Å²) in [5.41, 5.74) is -0.523. The predicted molar refractivity (Wildman–Crippen MR) is 74.7 cm³/mol. The molecule has 0 aromatic rings. The summed E-state index contributed by atoms with van der Waals surface area (Å²) in [6, 6.07) is 0. The first-order valence-corrected chi connectivity index (χ1v) is 8.52. The highest BCUT2D eigenvalue weighted by Crippen LogP contribution is 2.22. The molecule has 1 aliphatic heterocycles. The molecule has 20 heavy (non-hydrogen) atoms. The Hall–Kier alpha value is -0.850. The second-order valence-electron chi connectivity index (χ2n) is 6.30. The molecule has 1 heterocycles. The molecule has 0 bridgehead atoms. The van der Waals surface area contributed by atoms with Gasteiger partial charge in [-0.25, -0.2) is 4.79 Å². The summed E-state index contributed by atoms with van der Waals surface area (Å²) >= 11 is 0. The Balaban J connectivity index is 2.45. The molecule has 0 saturated carbocycles. The molecular formula is C13H24FNO4S. The highest BCUT2D eigenvalue weighted by atomic mass is 32.3. The number of ether oxygens (including phenoxy) is 1. The maximum Gasteiger partial charge on any atom is 0.410 e. The molecule has 118 valence electrons. The first-order chi connectivity index (χ1) is 9.07. The van der Waals surface area contributed by atoms with Crippen LogP contribution in [0.3, 0.4) is 0 Å². The molecule has 0 aromatic carbocycles. The van der Waals surface area contributed by atoms with Crippen LogP contribution < -0.4 is 0 Å². The van der Waals surface area contributed by atoms with Gasteiger partial charge in [-0.15, -0.1) is 3.89 Å². The Labute approximate surface area is 120 Å². The zero-order valence-electron chi connectivity index (χ0n) is 12.4. The average Bonchev–Trinajstić information content (AvgIpc) is 2.48. The van der Waals surface area contributed by atoms with Crippen LogP contribution in [0.15, 0.2) is 0 Å². The van der Waals surface area contributed by atoms with Gasteiger partial charge in [-0.1, -0.05) is 0 Å². The van der Waals surface area contributed by atoms with E-state index in [2.05, 4.69) is 0 Å². The Morgan fingerprint density at radius 2 is 1.95 bits per heavy atom. The van der Waals surface area contributed by atoms with Crippen molar-refractivity contribution >= 4 is 16.3 Å². The van der Waals surface area contributed by atoms with Crippen molar-refractivity contribution in [2.45, 2.75) is 52.1 Å². The summed E-state index contributed by atoms with van der Waals surface area (Å²) in [5, 5.41) is 0. The van der Waals surface area contributed by atoms with Gasteiger partial charge in [-0.2, -0.15) is 8.42 Å². The van der Waals surface area contributed by atoms with E-state index in [-0.39, 0.29) is 12.0 Å². The number of halogens is 1.